The zero-order valence-electron chi connectivity index (χ0n) is 15.0. The SMILES string of the molecule is Cn1ccnc1SCc1ccc(C(=O)N(Cc2ccccc2F)C2CC2)o1. The number of hydrogen-bond donors (Lipinski definition) is 0. The van der Waals surface area contributed by atoms with Crippen LogP contribution in [0.2, 0.25) is 0 Å². The maximum atomic E-state index is 14.0. The van der Waals surface area contributed by atoms with Crippen LogP contribution in [0.4, 0.5) is 4.39 Å². The average molecular weight is 385 g/mol. The van der Waals surface area contributed by atoms with Crippen molar-refractivity contribution in [2.75, 3.05) is 0 Å². The van der Waals surface area contributed by atoms with E-state index >= 15 is 0 Å². The van der Waals surface area contributed by atoms with Crippen LogP contribution < -0.4 is 0 Å². The molecule has 2 aromatic heterocycles. The number of carbonyl (C=O) groups is 1. The summed E-state index contributed by atoms with van der Waals surface area (Å²) in [7, 11) is 1.93. The highest BCUT2D eigenvalue weighted by Gasteiger charge is 2.34. The summed E-state index contributed by atoms with van der Waals surface area (Å²) in [5, 5.41) is 0.887. The highest BCUT2D eigenvalue weighted by Crippen LogP contribution is 2.31. The van der Waals surface area contributed by atoms with E-state index < -0.39 is 0 Å². The van der Waals surface area contributed by atoms with Gasteiger partial charge in [-0.3, -0.25) is 4.79 Å². The molecule has 0 unspecified atom stereocenters. The Bertz CT molecular complexity index is 948. The van der Waals surface area contributed by atoms with Gasteiger partial charge in [-0.25, -0.2) is 9.37 Å². The molecule has 27 heavy (non-hydrogen) atoms. The van der Waals surface area contributed by atoms with Crippen molar-refractivity contribution in [3.63, 3.8) is 0 Å². The number of thioether (sulfide) groups is 1. The molecular weight excluding hydrogens is 365 g/mol. The van der Waals surface area contributed by atoms with Gasteiger partial charge in [-0.15, -0.1) is 0 Å². The van der Waals surface area contributed by atoms with Gasteiger partial charge in [-0.1, -0.05) is 30.0 Å². The van der Waals surface area contributed by atoms with Gasteiger partial charge in [0.15, 0.2) is 10.9 Å². The number of rotatable bonds is 7. The smallest absolute Gasteiger partial charge is 0.290 e. The third-order valence-corrected chi connectivity index (χ3v) is 5.62. The minimum absolute atomic E-state index is 0.160. The van der Waals surface area contributed by atoms with E-state index in [0.717, 1.165) is 18.0 Å². The highest BCUT2D eigenvalue weighted by atomic mass is 32.2. The average Bonchev–Trinajstić information content (AvgIpc) is 3.25. The van der Waals surface area contributed by atoms with Gasteiger partial charge in [0.1, 0.15) is 11.6 Å². The Morgan fingerprint density at radius 1 is 1.33 bits per heavy atom. The van der Waals surface area contributed by atoms with Crippen LogP contribution in [0.3, 0.4) is 0 Å². The first-order chi connectivity index (χ1) is 13.1. The second-order valence-corrected chi connectivity index (χ2v) is 7.57. The molecule has 1 aliphatic carbocycles. The van der Waals surface area contributed by atoms with E-state index in [0.29, 0.717) is 22.8 Å². The number of benzene rings is 1. The second-order valence-electron chi connectivity index (χ2n) is 6.63. The first-order valence-corrected chi connectivity index (χ1v) is 9.83. The number of amides is 1. The Balaban J connectivity index is 1.45. The third-order valence-electron chi connectivity index (χ3n) is 4.54. The molecule has 0 aliphatic heterocycles. The van der Waals surface area contributed by atoms with Gasteiger partial charge in [0, 0.05) is 37.6 Å². The Kier molecular flexibility index (Phi) is 5.03. The highest BCUT2D eigenvalue weighted by molar-refractivity contribution is 7.98. The van der Waals surface area contributed by atoms with Crippen molar-refractivity contribution in [2.24, 2.45) is 7.05 Å². The van der Waals surface area contributed by atoms with Crippen LogP contribution in [-0.2, 0) is 19.3 Å². The molecule has 5 nitrogen and oxygen atoms in total. The lowest BCUT2D eigenvalue weighted by molar-refractivity contribution is 0.0694. The van der Waals surface area contributed by atoms with E-state index in [9.17, 15) is 9.18 Å². The van der Waals surface area contributed by atoms with E-state index in [2.05, 4.69) is 4.98 Å². The lowest BCUT2D eigenvalue weighted by atomic mass is 10.2. The number of imidazole rings is 1. The monoisotopic (exact) mass is 385 g/mol. The van der Waals surface area contributed by atoms with Crippen LogP contribution >= 0.6 is 11.8 Å². The molecule has 7 heteroatoms. The van der Waals surface area contributed by atoms with Crippen LogP contribution in [0.5, 0.6) is 0 Å². The molecule has 0 radical (unpaired) electrons. The van der Waals surface area contributed by atoms with E-state index in [1.165, 1.54) is 6.07 Å². The minimum atomic E-state index is -0.289. The number of halogens is 1. The van der Waals surface area contributed by atoms with E-state index in [1.54, 1.807) is 47.1 Å². The van der Waals surface area contributed by atoms with Gasteiger partial charge < -0.3 is 13.9 Å². The number of aromatic nitrogens is 2. The molecule has 1 aliphatic rings. The second kappa shape index (κ2) is 7.60. The van der Waals surface area contributed by atoms with Crippen LogP contribution in [0.15, 0.2) is 58.4 Å². The largest absolute Gasteiger partial charge is 0.455 e. The van der Waals surface area contributed by atoms with Crippen LogP contribution in [0, 0.1) is 5.82 Å². The molecule has 2 heterocycles. The third kappa shape index (κ3) is 4.08. The molecule has 1 saturated carbocycles. The summed E-state index contributed by atoms with van der Waals surface area (Å²) in [6.45, 7) is 0.258. The Morgan fingerprint density at radius 3 is 2.85 bits per heavy atom. The summed E-state index contributed by atoms with van der Waals surface area (Å²) in [4.78, 5) is 18.9. The fourth-order valence-corrected chi connectivity index (χ4v) is 3.73. The maximum Gasteiger partial charge on any atom is 0.290 e. The fraction of sp³-hybridized carbons (Fsp3) is 0.300. The van der Waals surface area contributed by atoms with Crippen molar-refractivity contribution < 1.29 is 13.6 Å². The standard InChI is InChI=1S/C20H20FN3O2S/c1-23-11-10-22-20(23)27-13-16-8-9-18(26-16)19(25)24(15-6-7-15)12-14-4-2-3-5-17(14)21/h2-5,8-11,15H,6-7,12-13H2,1H3. The van der Waals surface area contributed by atoms with Gasteiger partial charge in [0.25, 0.3) is 5.91 Å². The molecule has 0 saturated heterocycles. The molecule has 1 fully saturated rings. The fourth-order valence-electron chi connectivity index (χ4n) is 2.90. The zero-order valence-corrected chi connectivity index (χ0v) is 15.8. The molecular formula is C20H20FN3O2S. The summed E-state index contributed by atoms with van der Waals surface area (Å²) in [5.74, 6) is 1.13. The lowest BCUT2D eigenvalue weighted by Crippen LogP contribution is -2.32. The van der Waals surface area contributed by atoms with Crippen molar-refractivity contribution in [2.45, 2.75) is 36.3 Å². The van der Waals surface area contributed by atoms with Crippen molar-refractivity contribution >= 4 is 17.7 Å². The first kappa shape index (κ1) is 17.9. The van der Waals surface area contributed by atoms with Crippen molar-refractivity contribution in [3.8, 4) is 0 Å². The topological polar surface area (TPSA) is 51.3 Å². The molecule has 1 amide bonds. The van der Waals surface area contributed by atoms with Crippen molar-refractivity contribution in [3.05, 3.63) is 71.7 Å². The molecule has 1 aromatic carbocycles. The molecule has 3 aromatic rings. The molecule has 0 bridgehead atoms. The predicted octanol–water partition coefficient (Wildman–Crippen LogP) is 4.25. The van der Waals surface area contributed by atoms with Crippen molar-refractivity contribution in [1.29, 1.82) is 0 Å². The van der Waals surface area contributed by atoms with Gasteiger partial charge in [-0.05, 0) is 31.0 Å². The van der Waals surface area contributed by atoms with Gasteiger partial charge in [0.2, 0.25) is 0 Å². The zero-order chi connectivity index (χ0) is 18.8. The number of carbonyl (C=O) groups excluding carboxylic acids is 1. The van der Waals surface area contributed by atoms with E-state index in [4.69, 9.17) is 4.42 Å². The van der Waals surface area contributed by atoms with E-state index in [-0.39, 0.29) is 24.3 Å². The molecule has 4 rings (SSSR count). The Morgan fingerprint density at radius 2 is 2.15 bits per heavy atom. The van der Waals surface area contributed by atoms with Crippen molar-refractivity contribution in [1.82, 2.24) is 14.5 Å². The normalized spacial score (nSPS) is 13.7. The van der Waals surface area contributed by atoms with Crippen LogP contribution in [-0.4, -0.2) is 26.4 Å². The summed E-state index contributed by atoms with van der Waals surface area (Å²) >= 11 is 1.55. The summed E-state index contributed by atoms with van der Waals surface area (Å²) in [6, 6.07) is 10.3. The minimum Gasteiger partial charge on any atom is -0.455 e. The quantitative estimate of drug-likeness (QED) is 0.571. The van der Waals surface area contributed by atoms with Gasteiger partial charge in [-0.2, -0.15) is 0 Å². The number of nitrogens with zero attached hydrogens (tertiary/aromatic N) is 3. The lowest BCUT2D eigenvalue weighted by Gasteiger charge is -2.21. The molecule has 0 atom stereocenters. The van der Waals surface area contributed by atoms with Gasteiger partial charge >= 0.3 is 0 Å². The van der Waals surface area contributed by atoms with Crippen LogP contribution in [0.25, 0.3) is 0 Å². The van der Waals surface area contributed by atoms with E-state index in [1.807, 2.05) is 23.9 Å². The first-order valence-electron chi connectivity index (χ1n) is 8.85. The molecule has 0 N–H and O–H groups in total. The number of hydrogen-bond acceptors (Lipinski definition) is 4. The summed E-state index contributed by atoms with van der Waals surface area (Å²) in [5.41, 5.74) is 0.523. The molecule has 0 spiro atoms. The van der Waals surface area contributed by atoms with Gasteiger partial charge in [0.05, 0.1) is 5.75 Å². The summed E-state index contributed by atoms with van der Waals surface area (Å²) in [6.07, 6.45) is 5.52. The predicted molar refractivity (Wildman–Crippen MR) is 101 cm³/mol. The maximum absolute atomic E-state index is 14.0. The molecule has 140 valence electrons. The Labute approximate surface area is 161 Å². The number of furan rings is 1. The Hall–Kier alpha value is -2.54. The number of aryl methyl sites for hydroxylation is 1. The summed E-state index contributed by atoms with van der Waals surface area (Å²) < 4.78 is 21.7. The van der Waals surface area contributed by atoms with Crippen LogP contribution in [0.1, 0.15) is 34.7 Å².